The normalized spacial score (nSPS) is 10.3. The predicted molar refractivity (Wildman–Crippen MR) is 87.8 cm³/mol. The highest BCUT2D eigenvalue weighted by atomic mass is 16.6. The third-order valence-electron chi connectivity index (χ3n) is 3.60. The average Bonchev–Trinajstić information content (AvgIpc) is 2.54. The summed E-state index contributed by atoms with van der Waals surface area (Å²) in [4.78, 5) is 22.6. The molecular formula is C18H19NO4. The third-order valence-corrected chi connectivity index (χ3v) is 3.60. The fraction of sp³-hybridized carbons (Fsp3) is 0.278. The highest BCUT2D eigenvalue weighted by Crippen LogP contribution is 2.29. The minimum Gasteiger partial charge on any atom is -0.482 e. The number of carbonyl (C=O) groups is 1. The fourth-order valence-electron chi connectivity index (χ4n) is 2.25. The van der Waals surface area contributed by atoms with Crippen LogP contribution in [0.4, 0.5) is 5.69 Å². The lowest BCUT2D eigenvalue weighted by Crippen LogP contribution is -2.03. The van der Waals surface area contributed by atoms with Crippen LogP contribution in [-0.2, 0) is 6.61 Å². The molecule has 23 heavy (non-hydrogen) atoms. The molecule has 5 nitrogen and oxygen atoms in total. The van der Waals surface area contributed by atoms with Crippen molar-refractivity contribution in [1.82, 2.24) is 0 Å². The number of hydrogen-bond acceptors (Lipinski definition) is 4. The second kappa shape index (κ2) is 7.54. The van der Waals surface area contributed by atoms with Crippen molar-refractivity contribution in [2.24, 2.45) is 0 Å². The van der Waals surface area contributed by atoms with E-state index in [0.717, 1.165) is 11.1 Å². The maximum Gasteiger partial charge on any atom is 0.311 e. The molecule has 2 aromatic rings. The Morgan fingerprint density at radius 3 is 2.61 bits per heavy atom. The van der Waals surface area contributed by atoms with Gasteiger partial charge in [0.15, 0.2) is 11.5 Å². The summed E-state index contributed by atoms with van der Waals surface area (Å²) in [7, 11) is 0. The quantitative estimate of drug-likeness (QED) is 0.430. The van der Waals surface area contributed by atoms with Gasteiger partial charge >= 0.3 is 5.69 Å². The Labute approximate surface area is 135 Å². The predicted octanol–water partition coefficient (Wildman–Crippen LogP) is 4.47. The standard InChI is InChI=1S/C18H19NO4/c1-3-6-17(20)14-9-10-18(16(11-14)19(21)22)23-12-15-8-5-4-7-13(15)2/h4-5,7-11H,3,6,12H2,1-2H3. The van der Waals surface area contributed by atoms with E-state index in [1.165, 1.54) is 12.1 Å². The summed E-state index contributed by atoms with van der Waals surface area (Å²) < 4.78 is 5.61. The molecule has 0 amide bonds. The van der Waals surface area contributed by atoms with Crippen molar-refractivity contribution in [1.29, 1.82) is 0 Å². The summed E-state index contributed by atoms with van der Waals surface area (Å²) >= 11 is 0. The molecule has 0 aliphatic heterocycles. The fourth-order valence-corrected chi connectivity index (χ4v) is 2.25. The van der Waals surface area contributed by atoms with Gasteiger partial charge in [-0.15, -0.1) is 0 Å². The zero-order valence-corrected chi connectivity index (χ0v) is 13.2. The van der Waals surface area contributed by atoms with Crippen LogP contribution in [0.1, 0.15) is 41.3 Å². The molecule has 0 aromatic heterocycles. The van der Waals surface area contributed by atoms with Gasteiger partial charge in [0.05, 0.1) is 4.92 Å². The summed E-state index contributed by atoms with van der Waals surface area (Å²) in [5.74, 6) is 0.0763. The molecule has 120 valence electrons. The van der Waals surface area contributed by atoms with Gasteiger partial charge in [-0.1, -0.05) is 31.2 Å². The van der Waals surface area contributed by atoms with Gasteiger partial charge in [0, 0.05) is 18.1 Å². The number of nitro groups is 1. The Morgan fingerprint density at radius 1 is 1.22 bits per heavy atom. The van der Waals surface area contributed by atoms with Crippen LogP contribution in [-0.4, -0.2) is 10.7 Å². The molecule has 0 spiro atoms. The highest BCUT2D eigenvalue weighted by Gasteiger charge is 2.18. The first-order valence-electron chi connectivity index (χ1n) is 7.52. The first-order valence-corrected chi connectivity index (χ1v) is 7.52. The first kappa shape index (κ1) is 16.7. The number of ether oxygens (including phenoxy) is 1. The van der Waals surface area contributed by atoms with Crippen molar-refractivity contribution < 1.29 is 14.5 Å². The van der Waals surface area contributed by atoms with E-state index in [1.54, 1.807) is 6.07 Å². The van der Waals surface area contributed by atoms with Crippen LogP contribution in [0.3, 0.4) is 0 Å². The number of Topliss-reactive ketones (excluding diaryl/α,β-unsaturated/α-hetero) is 1. The summed E-state index contributed by atoms with van der Waals surface area (Å²) in [5, 5.41) is 11.2. The molecule has 2 aromatic carbocycles. The van der Waals surface area contributed by atoms with E-state index in [1.807, 2.05) is 38.1 Å². The molecule has 0 bridgehead atoms. The number of carbonyl (C=O) groups excluding carboxylic acids is 1. The maximum absolute atomic E-state index is 11.9. The van der Waals surface area contributed by atoms with E-state index < -0.39 is 4.92 Å². The second-order valence-electron chi connectivity index (χ2n) is 5.33. The molecule has 0 saturated carbocycles. The lowest BCUT2D eigenvalue weighted by molar-refractivity contribution is -0.386. The molecule has 0 aliphatic rings. The zero-order valence-electron chi connectivity index (χ0n) is 13.2. The van der Waals surface area contributed by atoms with E-state index in [4.69, 9.17) is 4.74 Å². The molecule has 0 aliphatic carbocycles. The lowest BCUT2D eigenvalue weighted by Gasteiger charge is -2.10. The SMILES string of the molecule is CCCC(=O)c1ccc(OCc2ccccc2C)c([N+](=O)[O-])c1. The number of ketones is 1. The van der Waals surface area contributed by atoms with E-state index in [0.29, 0.717) is 18.4 Å². The average molecular weight is 313 g/mol. The van der Waals surface area contributed by atoms with Crippen LogP contribution in [0, 0.1) is 17.0 Å². The molecule has 0 radical (unpaired) electrons. The van der Waals surface area contributed by atoms with Crippen molar-refractivity contribution in [2.45, 2.75) is 33.3 Å². The Hall–Kier alpha value is -2.69. The molecule has 2 rings (SSSR count). The smallest absolute Gasteiger partial charge is 0.311 e. The van der Waals surface area contributed by atoms with Gasteiger partial charge in [0.2, 0.25) is 0 Å². The van der Waals surface area contributed by atoms with Gasteiger partial charge in [-0.2, -0.15) is 0 Å². The van der Waals surface area contributed by atoms with Gasteiger partial charge in [0.25, 0.3) is 0 Å². The van der Waals surface area contributed by atoms with Crippen molar-refractivity contribution in [3.8, 4) is 5.75 Å². The van der Waals surface area contributed by atoms with E-state index in [9.17, 15) is 14.9 Å². The third kappa shape index (κ3) is 4.16. The molecule has 5 heteroatoms. The van der Waals surface area contributed by atoms with E-state index >= 15 is 0 Å². The van der Waals surface area contributed by atoms with Crippen LogP contribution in [0.15, 0.2) is 42.5 Å². The lowest BCUT2D eigenvalue weighted by atomic mass is 10.1. The maximum atomic E-state index is 11.9. The molecule has 0 atom stereocenters. The number of nitrogens with zero attached hydrogens (tertiary/aromatic N) is 1. The largest absolute Gasteiger partial charge is 0.482 e. The minimum absolute atomic E-state index is 0.0962. The topological polar surface area (TPSA) is 69.4 Å². The Bertz CT molecular complexity index is 725. The van der Waals surface area contributed by atoms with Crippen molar-refractivity contribution in [2.75, 3.05) is 0 Å². The van der Waals surface area contributed by atoms with Gasteiger partial charge in [0.1, 0.15) is 6.61 Å². The summed E-state index contributed by atoms with van der Waals surface area (Å²) in [6.07, 6.45) is 1.08. The van der Waals surface area contributed by atoms with Gasteiger partial charge < -0.3 is 4.74 Å². The zero-order chi connectivity index (χ0) is 16.8. The summed E-state index contributed by atoms with van der Waals surface area (Å²) in [5.41, 5.74) is 2.19. The first-order chi connectivity index (χ1) is 11.0. The van der Waals surface area contributed by atoms with Crippen molar-refractivity contribution in [3.63, 3.8) is 0 Å². The van der Waals surface area contributed by atoms with E-state index in [-0.39, 0.29) is 23.8 Å². The van der Waals surface area contributed by atoms with Gasteiger partial charge in [-0.05, 0) is 36.6 Å². The molecular weight excluding hydrogens is 294 g/mol. The van der Waals surface area contributed by atoms with Crippen LogP contribution >= 0.6 is 0 Å². The number of hydrogen-bond donors (Lipinski definition) is 0. The molecule has 0 unspecified atom stereocenters. The van der Waals surface area contributed by atoms with Crippen LogP contribution < -0.4 is 4.74 Å². The Morgan fingerprint density at radius 2 is 1.96 bits per heavy atom. The summed E-state index contributed by atoms with van der Waals surface area (Å²) in [6.45, 7) is 4.10. The molecule has 0 heterocycles. The van der Waals surface area contributed by atoms with Crippen LogP contribution in [0.2, 0.25) is 0 Å². The van der Waals surface area contributed by atoms with Gasteiger partial charge in [-0.25, -0.2) is 0 Å². The Kier molecular flexibility index (Phi) is 5.46. The molecule has 0 fully saturated rings. The van der Waals surface area contributed by atoms with Gasteiger partial charge in [-0.3, -0.25) is 14.9 Å². The van der Waals surface area contributed by atoms with Crippen LogP contribution in [0.25, 0.3) is 0 Å². The second-order valence-corrected chi connectivity index (χ2v) is 5.33. The Balaban J connectivity index is 2.23. The van der Waals surface area contributed by atoms with Crippen molar-refractivity contribution in [3.05, 3.63) is 69.3 Å². The number of rotatable bonds is 7. The molecule has 0 saturated heterocycles. The minimum atomic E-state index is -0.518. The highest BCUT2D eigenvalue weighted by molar-refractivity contribution is 5.96. The van der Waals surface area contributed by atoms with Crippen molar-refractivity contribution >= 4 is 11.5 Å². The molecule has 0 N–H and O–H groups in total. The number of nitro benzene ring substituents is 1. The monoisotopic (exact) mass is 313 g/mol. The number of benzene rings is 2. The number of aryl methyl sites for hydroxylation is 1. The summed E-state index contributed by atoms with van der Waals surface area (Å²) in [6, 6.07) is 12.1. The van der Waals surface area contributed by atoms with E-state index in [2.05, 4.69) is 0 Å². The van der Waals surface area contributed by atoms with Crippen LogP contribution in [0.5, 0.6) is 5.75 Å².